The molecule has 0 aliphatic heterocycles. The van der Waals surface area contributed by atoms with Gasteiger partial charge in [-0.1, -0.05) is 0 Å². The molecule has 4 N–H and O–H groups in total. The highest BCUT2D eigenvalue weighted by molar-refractivity contribution is 5.66. The summed E-state index contributed by atoms with van der Waals surface area (Å²) in [4.78, 5) is 11.0. The van der Waals surface area contributed by atoms with Gasteiger partial charge in [0.1, 0.15) is 6.61 Å². The molecule has 0 aliphatic carbocycles. The Labute approximate surface area is 125 Å². The molecule has 0 aromatic rings. The molecular formula is C13H28N2O6. The van der Waals surface area contributed by atoms with Crippen molar-refractivity contribution >= 4 is 6.09 Å². The molecule has 0 aromatic heterocycles. The highest BCUT2D eigenvalue weighted by Crippen LogP contribution is 1.86. The van der Waals surface area contributed by atoms with E-state index >= 15 is 0 Å². The number of hydrogen-bond donors (Lipinski definition) is 3. The molecular weight excluding hydrogens is 280 g/mol. The van der Waals surface area contributed by atoms with Crippen LogP contribution in [0.2, 0.25) is 0 Å². The van der Waals surface area contributed by atoms with Crippen molar-refractivity contribution in [3.8, 4) is 0 Å². The quantitative estimate of drug-likeness (QED) is 0.349. The molecule has 126 valence electrons. The SMILES string of the molecule is NCCCOCCOCCOCCCNC(=O)OCCO. The van der Waals surface area contributed by atoms with E-state index in [1.807, 2.05) is 0 Å². The van der Waals surface area contributed by atoms with Gasteiger partial charge in [-0.2, -0.15) is 0 Å². The number of nitrogens with two attached hydrogens (primary N) is 1. The van der Waals surface area contributed by atoms with Crippen molar-refractivity contribution < 1.29 is 28.8 Å². The second-order valence-electron chi connectivity index (χ2n) is 4.12. The van der Waals surface area contributed by atoms with E-state index in [1.165, 1.54) is 0 Å². The van der Waals surface area contributed by atoms with Gasteiger partial charge in [0.05, 0.1) is 33.0 Å². The molecule has 0 bridgehead atoms. The highest BCUT2D eigenvalue weighted by Gasteiger charge is 1.99. The Morgan fingerprint density at radius 2 is 1.48 bits per heavy atom. The van der Waals surface area contributed by atoms with Gasteiger partial charge in [0, 0.05) is 19.8 Å². The van der Waals surface area contributed by atoms with Crippen molar-refractivity contribution in [2.75, 3.05) is 65.9 Å². The van der Waals surface area contributed by atoms with E-state index < -0.39 is 6.09 Å². The minimum absolute atomic E-state index is 0.00953. The summed E-state index contributed by atoms with van der Waals surface area (Å²) in [6.07, 6.45) is 1.03. The number of amides is 1. The summed E-state index contributed by atoms with van der Waals surface area (Å²) >= 11 is 0. The van der Waals surface area contributed by atoms with Crippen LogP contribution in [0.3, 0.4) is 0 Å². The van der Waals surface area contributed by atoms with Gasteiger partial charge >= 0.3 is 6.09 Å². The van der Waals surface area contributed by atoms with E-state index in [0.29, 0.717) is 59.2 Å². The van der Waals surface area contributed by atoms with Crippen LogP contribution in [0.4, 0.5) is 4.79 Å². The molecule has 0 saturated heterocycles. The fraction of sp³-hybridized carbons (Fsp3) is 0.923. The lowest BCUT2D eigenvalue weighted by molar-refractivity contribution is 0.0140. The number of ether oxygens (including phenoxy) is 4. The van der Waals surface area contributed by atoms with Crippen LogP contribution >= 0.6 is 0 Å². The Bertz CT molecular complexity index is 231. The molecule has 0 unspecified atom stereocenters. The lowest BCUT2D eigenvalue weighted by Gasteiger charge is -2.07. The molecule has 0 aliphatic rings. The lowest BCUT2D eigenvalue weighted by Crippen LogP contribution is -2.27. The third kappa shape index (κ3) is 17.0. The first-order valence-electron chi connectivity index (χ1n) is 7.26. The minimum atomic E-state index is -0.526. The summed E-state index contributed by atoms with van der Waals surface area (Å²) in [6, 6.07) is 0. The number of alkyl carbamates (subject to hydrolysis) is 1. The maximum atomic E-state index is 11.0. The van der Waals surface area contributed by atoms with Crippen LogP contribution in [-0.4, -0.2) is 77.1 Å². The molecule has 0 atom stereocenters. The minimum Gasteiger partial charge on any atom is -0.447 e. The topological polar surface area (TPSA) is 112 Å². The van der Waals surface area contributed by atoms with Crippen molar-refractivity contribution in [3.05, 3.63) is 0 Å². The second kappa shape index (κ2) is 17.1. The Balaban J connectivity index is 3.04. The Morgan fingerprint density at radius 1 is 0.905 bits per heavy atom. The first-order chi connectivity index (χ1) is 10.3. The van der Waals surface area contributed by atoms with Gasteiger partial charge in [-0.05, 0) is 19.4 Å². The summed E-state index contributed by atoms with van der Waals surface area (Å²) < 4.78 is 20.5. The van der Waals surface area contributed by atoms with E-state index in [-0.39, 0.29) is 13.2 Å². The summed E-state index contributed by atoms with van der Waals surface area (Å²) in [7, 11) is 0. The van der Waals surface area contributed by atoms with Crippen LogP contribution in [0, 0.1) is 0 Å². The summed E-state index contributed by atoms with van der Waals surface area (Å²) in [5.41, 5.74) is 5.33. The zero-order valence-corrected chi connectivity index (χ0v) is 12.6. The summed E-state index contributed by atoms with van der Waals surface area (Å²) in [5, 5.41) is 11.0. The molecule has 0 saturated carbocycles. The zero-order chi connectivity index (χ0) is 15.6. The Kier molecular flexibility index (Phi) is 16.4. The lowest BCUT2D eigenvalue weighted by atomic mass is 10.4. The van der Waals surface area contributed by atoms with Gasteiger partial charge in [-0.3, -0.25) is 0 Å². The molecule has 1 amide bonds. The number of aliphatic hydroxyl groups excluding tert-OH is 1. The predicted molar refractivity (Wildman–Crippen MR) is 77.2 cm³/mol. The number of carbonyl (C=O) groups is 1. The molecule has 0 rings (SSSR count). The Hall–Kier alpha value is -0.930. The number of aliphatic hydroxyl groups is 1. The summed E-state index contributed by atoms with van der Waals surface area (Å²) in [6.45, 7) is 4.31. The third-order valence-corrected chi connectivity index (χ3v) is 2.30. The van der Waals surface area contributed by atoms with Crippen molar-refractivity contribution in [1.82, 2.24) is 5.32 Å². The molecule has 8 heteroatoms. The predicted octanol–water partition coefficient (Wildman–Crippen LogP) is -0.506. The zero-order valence-electron chi connectivity index (χ0n) is 12.6. The molecule has 0 radical (unpaired) electrons. The average Bonchev–Trinajstić information content (AvgIpc) is 2.49. The molecule has 0 fully saturated rings. The fourth-order valence-corrected chi connectivity index (χ4v) is 1.28. The first kappa shape index (κ1) is 20.1. The molecule has 21 heavy (non-hydrogen) atoms. The molecule has 0 aromatic carbocycles. The molecule has 0 heterocycles. The van der Waals surface area contributed by atoms with Crippen LogP contribution in [0.5, 0.6) is 0 Å². The van der Waals surface area contributed by atoms with E-state index in [2.05, 4.69) is 10.1 Å². The largest absolute Gasteiger partial charge is 0.447 e. The number of carbonyl (C=O) groups excluding carboxylic acids is 1. The summed E-state index contributed by atoms with van der Waals surface area (Å²) in [5.74, 6) is 0. The van der Waals surface area contributed by atoms with Crippen molar-refractivity contribution in [1.29, 1.82) is 0 Å². The van der Waals surface area contributed by atoms with Crippen molar-refractivity contribution in [3.63, 3.8) is 0 Å². The van der Waals surface area contributed by atoms with Crippen LogP contribution in [0.25, 0.3) is 0 Å². The molecule has 8 nitrogen and oxygen atoms in total. The molecule has 0 spiro atoms. The smallest absolute Gasteiger partial charge is 0.407 e. The van der Waals surface area contributed by atoms with Crippen LogP contribution in [-0.2, 0) is 18.9 Å². The number of hydrogen-bond acceptors (Lipinski definition) is 7. The first-order valence-corrected chi connectivity index (χ1v) is 7.26. The highest BCUT2D eigenvalue weighted by atomic mass is 16.6. The second-order valence-corrected chi connectivity index (χ2v) is 4.12. The maximum absolute atomic E-state index is 11.0. The van der Waals surface area contributed by atoms with E-state index in [9.17, 15) is 4.79 Å². The van der Waals surface area contributed by atoms with Crippen LogP contribution in [0.1, 0.15) is 12.8 Å². The van der Waals surface area contributed by atoms with Crippen LogP contribution < -0.4 is 11.1 Å². The monoisotopic (exact) mass is 308 g/mol. The van der Waals surface area contributed by atoms with Crippen molar-refractivity contribution in [2.24, 2.45) is 5.73 Å². The average molecular weight is 308 g/mol. The van der Waals surface area contributed by atoms with Gasteiger partial charge in [0.25, 0.3) is 0 Å². The van der Waals surface area contributed by atoms with Crippen molar-refractivity contribution in [2.45, 2.75) is 12.8 Å². The van der Waals surface area contributed by atoms with Gasteiger partial charge in [-0.15, -0.1) is 0 Å². The fourth-order valence-electron chi connectivity index (χ4n) is 1.28. The number of nitrogens with one attached hydrogen (secondary N) is 1. The standard InChI is InChI=1S/C13H28N2O6/c14-3-1-6-18-9-11-20-12-10-19-7-2-4-15-13(17)21-8-5-16/h16H,1-12,14H2,(H,15,17). The van der Waals surface area contributed by atoms with E-state index in [4.69, 9.17) is 25.1 Å². The van der Waals surface area contributed by atoms with Gasteiger partial charge in [0.2, 0.25) is 0 Å². The van der Waals surface area contributed by atoms with Gasteiger partial charge in [0.15, 0.2) is 0 Å². The third-order valence-electron chi connectivity index (χ3n) is 2.30. The van der Waals surface area contributed by atoms with Gasteiger partial charge in [-0.25, -0.2) is 4.79 Å². The maximum Gasteiger partial charge on any atom is 0.407 e. The van der Waals surface area contributed by atoms with E-state index in [0.717, 1.165) is 6.42 Å². The Morgan fingerprint density at radius 3 is 2.05 bits per heavy atom. The van der Waals surface area contributed by atoms with Crippen LogP contribution in [0.15, 0.2) is 0 Å². The number of rotatable bonds is 15. The van der Waals surface area contributed by atoms with Gasteiger partial charge < -0.3 is 35.1 Å². The van der Waals surface area contributed by atoms with E-state index in [1.54, 1.807) is 0 Å². The normalized spacial score (nSPS) is 10.6.